The number of carbonyl (C=O) groups is 1. The smallest absolute Gasteiger partial charge is 0.383 e. The predicted octanol–water partition coefficient (Wildman–Crippen LogP) is 3.96. The number of nitrogens with zero attached hydrogens (tertiary/aromatic N) is 3. The molecule has 0 aliphatic rings. The number of hydrogen-bond acceptors (Lipinski definition) is 4. The molecule has 0 unspecified atom stereocenters. The Kier molecular flexibility index (Phi) is 5.27. The molecule has 142 valence electrons. The van der Waals surface area contributed by atoms with Crippen LogP contribution in [0.15, 0.2) is 30.5 Å². The zero-order valence-electron chi connectivity index (χ0n) is 14.1. The van der Waals surface area contributed by atoms with Crippen LogP contribution in [0.4, 0.5) is 18.9 Å². The summed E-state index contributed by atoms with van der Waals surface area (Å²) in [5.74, 6) is -0.630. The summed E-state index contributed by atoms with van der Waals surface area (Å²) in [6.45, 7) is 2.51. The monoisotopic (exact) mass is 489 g/mol. The van der Waals surface area contributed by atoms with Crippen molar-refractivity contribution in [2.24, 2.45) is 5.73 Å². The van der Waals surface area contributed by atoms with E-state index in [-0.39, 0.29) is 16.6 Å². The zero-order chi connectivity index (χ0) is 19.8. The highest BCUT2D eigenvalue weighted by molar-refractivity contribution is 14.1. The third kappa shape index (κ3) is 3.70. The van der Waals surface area contributed by atoms with Gasteiger partial charge in [0.25, 0.3) is 0 Å². The average molecular weight is 489 g/mol. The second-order valence-corrected chi connectivity index (χ2v) is 6.93. The van der Waals surface area contributed by atoms with Crippen LogP contribution >= 0.6 is 22.6 Å². The molecule has 0 atom stereocenters. The molecule has 3 rings (SSSR count). The van der Waals surface area contributed by atoms with Gasteiger partial charge in [0, 0.05) is 21.9 Å². The van der Waals surface area contributed by atoms with E-state index in [2.05, 4.69) is 15.4 Å². The third-order valence-corrected chi connectivity index (χ3v) is 4.76. The summed E-state index contributed by atoms with van der Waals surface area (Å²) in [7, 11) is 0. The van der Waals surface area contributed by atoms with Crippen molar-refractivity contribution in [1.29, 1.82) is 0 Å². The molecule has 0 radical (unpaired) electrons. The van der Waals surface area contributed by atoms with E-state index in [1.807, 2.05) is 29.5 Å². The quantitative estimate of drug-likeness (QED) is 0.532. The number of hydrogen-bond donors (Lipinski definition) is 2. The second kappa shape index (κ2) is 7.33. The van der Waals surface area contributed by atoms with Crippen LogP contribution in [0.2, 0.25) is 0 Å². The predicted molar refractivity (Wildman–Crippen MR) is 104 cm³/mol. The van der Waals surface area contributed by atoms with Crippen LogP contribution in [0, 0.1) is 3.57 Å². The highest BCUT2D eigenvalue weighted by Gasteiger charge is 2.38. The highest BCUT2D eigenvalue weighted by atomic mass is 127. The molecule has 0 aliphatic heterocycles. The molecule has 2 aromatic heterocycles. The first-order chi connectivity index (χ1) is 12.7. The Hall–Kier alpha value is -2.37. The van der Waals surface area contributed by atoms with Gasteiger partial charge in [0.15, 0.2) is 11.3 Å². The number of aromatic nitrogens is 3. The molecule has 2 heterocycles. The van der Waals surface area contributed by atoms with E-state index in [9.17, 15) is 18.0 Å². The molecule has 3 aromatic rings. The van der Waals surface area contributed by atoms with Gasteiger partial charge in [-0.2, -0.15) is 18.3 Å². The molecular formula is C17H15F3IN5O. The van der Waals surface area contributed by atoms with Gasteiger partial charge in [-0.05, 0) is 53.3 Å². The molecule has 3 N–H and O–H groups in total. The van der Waals surface area contributed by atoms with Crippen LogP contribution < -0.4 is 11.1 Å². The van der Waals surface area contributed by atoms with Crippen molar-refractivity contribution in [3.8, 4) is 5.69 Å². The van der Waals surface area contributed by atoms with E-state index < -0.39 is 17.8 Å². The van der Waals surface area contributed by atoms with Gasteiger partial charge in [-0.1, -0.05) is 6.92 Å². The fraction of sp³-hybridized carbons (Fsp3) is 0.235. The summed E-state index contributed by atoms with van der Waals surface area (Å²) >= 11 is 1.83. The van der Waals surface area contributed by atoms with Crippen LogP contribution in [0.25, 0.3) is 16.7 Å². The van der Waals surface area contributed by atoms with Gasteiger partial charge >= 0.3 is 6.18 Å². The molecule has 0 saturated heterocycles. The lowest BCUT2D eigenvalue weighted by atomic mass is 10.1. The van der Waals surface area contributed by atoms with Crippen LogP contribution in [-0.4, -0.2) is 27.2 Å². The van der Waals surface area contributed by atoms with Gasteiger partial charge in [-0.25, -0.2) is 9.67 Å². The van der Waals surface area contributed by atoms with Gasteiger partial charge in [0.05, 0.1) is 16.8 Å². The number of nitrogens with two attached hydrogens (primary N) is 1. The molecule has 1 amide bonds. The summed E-state index contributed by atoms with van der Waals surface area (Å²) < 4.78 is 42.1. The molecular weight excluding hydrogens is 474 g/mol. The number of nitrogens with one attached hydrogen (secondary N) is 1. The lowest BCUT2D eigenvalue weighted by molar-refractivity contribution is -0.140. The molecule has 27 heavy (non-hydrogen) atoms. The number of primary amides is 1. The maximum Gasteiger partial charge on any atom is 0.435 e. The highest BCUT2D eigenvalue weighted by Crippen LogP contribution is 2.37. The Labute approximate surface area is 166 Å². The zero-order valence-corrected chi connectivity index (χ0v) is 16.3. The van der Waals surface area contributed by atoms with E-state index in [0.29, 0.717) is 21.5 Å². The first-order valence-corrected chi connectivity index (χ1v) is 9.10. The topological polar surface area (TPSA) is 85.8 Å². The molecule has 0 bridgehead atoms. The first kappa shape index (κ1) is 19.4. The largest absolute Gasteiger partial charge is 0.435 e. The number of halogens is 4. The molecule has 0 fully saturated rings. The lowest BCUT2D eigenvalue weighted by Gasteiger charge is -2.13. The van der Waals surface area contributed by atoms with Crippen LogP contribution in [0.3, 0.4) is 0 Å². The average Bonchev–Trinajstić information content (AvgIpc) is 3.01. The molecule has 0 spiro atoms. The molecule has 10 heteroatoms. The maximum atomic E-state index is 13.5. The minimum Gasteiger partial charge on any atom is -0.383 e. The number of alkyl halides is 3. The van der Waals surface area contributed by atoms with E-state index in [0.717, 1.165) is 11.1 Å². The van der Waals surface area contributed by atoms with E-state index in [4.69, 9.17) is 5.73 Å². The summed E-state index contributed by atoms with van der Waals surface area (Å²) in [5.41, 5.74) is 5.44. The fourth-order valence-electron chi connectivity index (χ4n) is 2.65. The van der Waals surface area contributed by atoms with Gasteiger partial charge in [-0.15, -0.1) is 0 Å². The van der Waals surface area contributed by atoms with Crippen molar-refractivity contribution in [1.82, 2.24) is 14.8 Å². The van der Waals surface area contributed by atoms with E-state index in [1.54, 1.807) is 0 Å². The number of anilines is 1. The Morgan fingerprint density at radius 3 is 2.70 bits per heavy atom. The molecule has 0 saturated carbocycles. The van der Waals surface area contributed by atoms with E-state index in [1.165, 1.54) is 30.5 Å². The van der Waals surface area contributed by atoms with Crippen molar-refractivity contribution < 1.29 is 18.0 Å². The Balaban J connectivity index is 2.29. The maximum absolute atomic E-state index is 13.5. The fourth-order valence-corrected chi connectivity index (χ4v) is 3.30. The van der Waals surface area contributed by atoms with Crippen LogP contribution in [0.5, 0.6) is 0 Å². The summed E-state index contributed by atoms with van der Waals surface area (Å²) in [5, 5.41) is 6.84. The van der Waals surface area contributed by atoms with Gasteiger partial charge in [0.2, 0.25) is 5.91 Å². The minimum absolute atomic E-state index is 0.0639. The molecule has 1 aromatic carbocycles. The molecule has 6 nitrogen and oxygen atoms in total. The van der Waals surface area contributed by atoms with Crippen molar-refractivity contribution in [2.75, 3.05) is 11.9 Å². The van der Waals surface area contributed by atoms with Crippen molar-refractivity contribution in [3.63, 3.8) is 0 Å². The first-order valence-electron chi connectivity index (χ1n) is 8.02. The normalized spacial score (nSPS) is 11.7. The number of pyridine rings is 1. The van der Waals surface area contributed by atoms with Crippen molar-refractivity contribution in [3.05, 3.63) is 45.3 Å². The van der Waals surface area contributed by atoms with Crippen LogP contribution in [-0.2, 0) is 6.18 Å². The number of fused-ring (bicyclic) bond motifs is 1. The van der Waals surface area contributed by atoms with E-state index >= 15 is 0 Å². The number of amides is 1. The molecule has 0 aliphatic carbocycles. The Morgan fingerprint density at radius 1 is 1.33 bits per heavy atom. The van der Waals surface area contributed by atoms with Gasteiger partial charge in [-0.3, -0.25) is 4.79 Å². The Morgan fingerprint density at radius 2 is 2.07 bits per heavy atom. The number of benzene rings is 1. The van der Waals surface area contributed by atoms with Gasteiger partial charge < -0.3 is 11.1 Å². The minimum atomic E-state index is -4.63. The van der Waals surface area contributed by atoms with Crippen LogP contribution in [0.1, 0.15) is 29.4 Å². The van der Waals surface area contributed by atoms with Crippen molar-refractivity contribution >= 4 is 45.2 Å². The summed E-state index contributed by atoms with van der Waals surface area (Å²) in [6, 6.07) is 5.95. The SMILES string of the molecule is CCCNc1cc(C(N)=O)ccc1-n1nc(C(F)(F)F)c2c(I)ccnc21. The lowest BCUT2D eigenvalue weighted by Crippen LogP contribution is -2.14. The number of carbonyl (C=O) groups excluding carboxylic acids is 1. The van der Waals surface area contributed by atoms with Crippen molar-refractivity contribution in [2.45, 2.75) is 19.5 Å². The van der Waals surface area contributed by atoms with Gasteiger partial charge in [0.1, 0.15) is 0 Å². The Bertz CT molecular complexity index is 1020. The third-order valence-electron chi connectivity index (χ3n) is 3.86. The number of rotatable bonds is 5. The standard InChI is InChI=1S/C17H15F3IN5O/c1-2-6-23-11-8-9(15(22)27)3-4-12(11)26-16-13(10(21)5-7-24-16)14(25-26)17(18,19)20/h3-5,7-8,23H,2,6H2,1H3,(H2,22,27). The summed E-state index contributed by atoms with van der Waals surface area (Å²) in [6.07, 6.45) is -2.42. The summed E-state index contributed by atoms with van der Waals surface area (Å²) in [4.78, 5) is 15.6. The second-order valence-electron chi connectivity index (χ2n) is 5.77.